The van der Waals surface area contributed by atoms with Crippen molar-refractivity contribution in [3.8, 4) is 0 Å². The van der Waals surface area contributed by atoms with Gasteiger partial charge in [-0.2, -0.15) is 0 Å². The van der Waals surface area contributed by atoms with E-state index in [1.165, 1.54) is 18.3 Å². The molecule has 1 fully saturated rings. The van der Waals surface area contributed by atoms with Crippen LogP contribution in [0.2, 0.25) is 5.02 Å². The van der Waals surface area contributed by atoms with Crippen LogP contribution in [0.3, 0.4) is 0 Å². The van der Waals surface area contributed by atoms with Crippen LogP contribution in [0.4, 0.5) is 0 Å². The molecule has 1 aliphatic carbocycles. The van der Waals surface area contributed by atoms with E-state index >= 15 is 0 Å². The Balaban J connectivity index is 2.03. The first-order valence-corrected chi connectivity index (χ1v) is 11.6. The maximum Gasteiger partial charge on any atom is 0.263 e. The quantitative estimate of drug-likeness (QED) is 0.502. The standard InChI is InChI=1S/C19H27BrClN3O4S/c1-10(2)28-9-15(22-11(3)25)18(26)23-13-6-4-5-7-14(13)24-19(27)17-12(21)8-16(20)29-17/h8,10,13-15H,4-7,9H2,1-3H3,(H,22,25)(H,23,26)(H,24,27)/t13-,14-,15?/m1/s1. The highest BCUT2D eigenvalue weighted by atomic mass is 79.9. The van der Waals surface area contributed by atoms with Crippen LogP contribution >= 0.6 is 38.9 Å². The number of rotatable bonds is 8. The Kier molecular flexibility index (Phi) is 9.39. The zero-order chi connectivity index (χ0) is 21.6. The molecule has 0 aliphatic heterocycles. The third-order valence-corrected chi connectivity index (χ3v) is 6.61. The molecule has 29 heavy (non-hydrogen) atoms. The van der Waals surface area contributed by atoms with Crippen molar-refractivity contribution < 1.29 is 19.1 Å². The first-order valence-electron chi connectivity index (χ1n) is 9.62. The van der Waals surface area contributed by atoms with Crippen LogP contribution in [0, 0.1) is 0 Å². The van der Waals surface area contributed by atoms with Crippen LogP contribution in [-0.4, -0.2) is 48.6 Å². The molecule has 3 atom stereocenters. The second-order valence-electron chi connectivity index (χ2n) is 7.34. The lowest BCUT2D eigenvalue weighted by atomic mass is 9.90. The van der Waals surface area contributed by atoms with Gasteiger partial charge >= 0.3 is 0 Å². The lowest BCUT2D eigenvalue weighted by Crippen LogP contribution is -2.58. The molecule has 1 aromatic heterocycles. The summed E-state index contributed by atoms with van der Waals surface area (Å²) in [6, 6.07) is 0.475. The lowest BCUT2D eigenvalue weighted by Gasteiger charge is -2.34. The third-order valence-electron chi connectivity index (χ3n) is 4.56. The fourth-order valence-electron chi connectivity index (χ4n) is 3.21. The van der Waals surface area contributed by atoms with E-state index in [2.05, 4.69) is 31.9 Å². The van der Waals surface area contributed by atoms with Crippen molar-refractivity contribution in [2.45, 2.75) is 70.7 Å². The number of amides is 3. The average molecular weight is 509 g/mol. The normalized spacial score (nSPS) is 20.2. The minimum absolute atomic E-state index is 0.0596. The molecule has 10 heteroatoms. The van der Waals surface area contributed by atoms with Gasteiger partial charge in [-0.1, -0.05) is 24.4 Å². The number of hydrogen-bond acceptors (Lipinski definition) is 5. The monoisotopic (exact) mass is 507 g/mol. The van der Waals surface area contributed by atoms with Crippen LogP contribution in [-0.2, 0) is 14.3 Å². The summed E-state index contributed by atoms with van der Waals surface area (Å²) >= 11 is 10.7. The Morgan fingerprint density at radius 2 is 1.86 bits per heavy atom. The van der Waals surface area contributed by atoms with Gasteiger partial charge in [-0.05, 0) is 48.7 Å². The fourth-order valence-corrected chi connectivity index (χ4v) is 5.11. The largest absolute Gasteiger partial charge is 0.376 e. The summed E-state index contributed by atoms with van der Waals surface area (Å²) in [4.78, 5) is 37.3. The van der Waals surface area contributed by atoms with Gasteiger partial charge in [-0.3, -0.25) is 14.4 Å². The molecule has 0 spiro atoms. The number of nitrogens with one attached hydrogen (secondary N) is 3. The van der Waals surface area contributed by atoms with Crippen molar-refractivity contribution in [1.29, 1.82) is 0 Å². The number of halogens is 2. The first-order chi connectivity index (χ1) is 13.7. The minimum Gasteiger partial charge on any atom is -0.376 e. The summed E-state index contributed by atoms with van der Waals surface area (Å²) in [5.74, 6) is -0.869. The predicted molar refractivity (Wildman–Crippen MR) is 117 cm³/mol. The summed E-state index contributed by atoms with van der Waals surface area (Å²) in [7, 11) is 0. The SMILES string of the molecule is CC(=O)NC(COC(C)C)C(=O)N[C@@H]1CCCC[C@H]1NC(=O)c1sc(Br)cc1Cl. The van der Waals surface area contributed by atoms with E-state index in [0.717, 1.165) is 29.5 Å². The van der Waals surface area contributed by atoms with Crippen LogP contribution in [0.15, 0.2) is 9.85 Å². The van der Waals surface area contributed by atoms with Gasteiger partial charge in [0.2, 0.25) is 11.8 Å². The van der Waals surface area contributed by atoms with E-state index in [1.54, 1.807) is 6.07 Å². The van der Waals surface area contributed by atoms with Crippen molar-refractivity contribution in [1.82, 2.24) is 16.0 Å². The minimum atomic E-state index is -0.782. The van der Waals surface area contributed by atoms with E-state index in [-0.39, 0.29) is 42.5 Å². The molecular formula is C19H27BrClN3O4S. The molecule has 1 aromatic rings. The van der Waals surface area contributed by atoms with Gasteiger partial charge in [0.1, 0.15) is 10.9 Å². The van der Waals surface area contributed by atoms with Crippen molar-refractivity contribution in [2.75, 3.05) is 6.61 Å². The van der Waals surface area contributed by atoms with E-state index < -0.39 is 6.04 Å². The molecule has 0 aromatic carbocycles. The molecule has 0 radical (unpaired) electrons. The molecule has 1 unspecified atom stereocenters. The van der Waals surface area contributed by atoms with Gasteiger partial charge in [-0.15, -0.1) is 11.3 Å². The fraction of sp³-hybridized carbons (Fsp3) is 0.632. The number of ether oxygens (including phenoxy) is 1. The Labute approximate surface area is 188 Å². The topological polar surface area (TPSA) is 96.5 Å². The Morgan fingerprint density at radius 3 is 2.38 bits per heavy atom. The van der Waals surface area contributed by atoms with Gasteiger partial charge in [0.25, 0.3) is 5.91 Å². The maximum absolute atomic E-state index is 12.8. The number of carbonyl (C=O) groups is 3. The highest BCUT2D eigenvalue weighted by molar-refractivity contribution is 9.11. The van der Waals surface area contributed by atoms with Crippen molar-refractivity contribution in [2.24, 2.45) is 0 Å². The number of carbonyl (C=O) groups excluding carboxylic acids is 3. The Morgan fingerprint density at radius 1 is 1.24 bits per heavy atom. The van der Waals surface area contributed by atoms with E-state index in [4.69, 9.17) is 16.3 Å². The van der Waals surface area contributed by atoms with Crippen molar-refractivity contribution >= 4 is 56.6 Å². The smallest absolute Gasteiger partial charge is 0.263 e. The van der Waals surface area contributed by atoms with Crippen LogP contribution in [0.1, 0.15) is 56.1 Å². The van der Waals surface area contributed by atoms with Crippen LogP contribution in [0.25, 0.3) is 0 Å². The van der Waals surface area contributed by atoms with E-state index in [1.807, 2.05) is 13.8 Å². The summed E-state index contributed by atoms with van der Waals surface area (Å²) < 4.78 is 6.30. The molecule has 1 aliphatic rings. The second-order valence-corrected chi connectivity index (χ2v) is 10.2. The number of hydrogen-bond donors (Lipinski definition) is 3. The summed E-state index contributed by atoms with van der Waals surface area (Å²) in [6.07, 6.45) is 3.36. The molecule has 2 rings (SSSR count). The van der Waals surface area contributed by atoms with Crippen LogP contribution < -0.4 is 16.0 Å². The second kappa shape index (κ2) is 11.3. The zero-order valence-corrected chi connectivity index (χ0v) is 19.9. The molecule has 3 N–H and O–H groups in total. The average Bonchev–Trinajstić information content (AvgIpc) is 2.98. The first kappa shape index (κ1) is 24.1. The third kappa shape index (κ3) is 7.55. The molecular weight excluding hydrogens is 482 g/mol. The Hall–Kier alpha value is -1.16. The number of thiophene rings is 1. The highest BCUT2D eigenvalue weighted by Gasteiger charge is 2.31. The molecule has 3 amide bonds. The summed E-state index contributed by atoms with van der Waals surface area (Å²) in [5.41, 5.74) is 0. The molecule has 1 heterocycles. The van der Waals surface area contributed by atoms with E-state index in [9.17, 15) is 14.4 Å². The van der Waals surface area contributed by atoms with Gasteiger partial charge in [0, 0.05) is 19.0 Å². The van der Waals surface area contributed by atoms with Gasteiger partial charge in [0.05, 0.1) is 21.5 Å². The zero-order valence-electron chi connectivity index (χ0n) is 16.7. The Bertz CT molecular complexity index is 743. The summed E-state index contributed by atoms with van der Waals surface area (Å²) in [6.45, 7) is 5.18. The maximum atomic E-state index is 12.8. The molecule has 7 nitrogen and oxygen atoms in total. The molecule has 162 valence electrons. The highest BCUT2D eigenvalue weighted by Crippen LogP contribution is 2.31. The van der Waals surface area contributed by atoms with Gasteiger partial charge in [-0.25, -0.2) is 0 Å². The van der Waals surface area contributed by atoms with Crippen molar-refractivity contribution in [3.63, 3.8) is 0 Å². The predicted octanol–water partition coefficient (Wildman–Crippen LogP) is 3.25. The lowest BCUT2D eigenvalue weighted by molar-refractivity contribution is -0.131. The van der Waals surface area contributed by atoms with Crippen molar-refractivity contribution in [3.05, 3.63) is 19.8 Å². The summed E-state index contributed by atoms with van der Waals surface area (Å²) in [5, 5.41) is 9.02. The molecule has 0 saturated heterocycles. The van der Waals surface area contributed by atoms with E-state index in [0.29, 0.717) is 9.90 Å². The van der Waals surface area contributed by atoms with Gasteiger partial charge < -0.3 is 20.7 Å². The van der Waals surface area contributed by atoms with Crippen LogP contribution in [0.5, 0.6) is 0 Å². The molecule has 0 bridgehead atoms. The molecule has 1 saturated carbocycles. The van der Waals surface area contributed by atoms with Gasteiger partial charge in [0.15, 0.2) is 0 Å².